The molecule has 0 aliphatic heterocycles. The SMILES string of the molecule is O=S(=O)(Cl)c1cc(Br)cc(Cl)c1OCCSC(F)(F)F. The van der Waals surface area contributed by atoms with E-state index in [-0.39, 0.29) is 29.1 Å². The summed E-state index contributed by atoms with van der Waals surface area (Å²) < 4.78 is 63.9. The minimum Gasteiger partial charge on any atom is -0.490 e. The maximum atomic E-state index is 11.9. The van der Waals surface area contributed by atoms with Crippen LogP contribution in [0.15, 0.2) is 21.5 Å². The second kappa shape index (κ2) is 6.95. The average molecular weight is 434 g/mol. The van der Waals surface area contributed by atoms with Gasteiger partial charge in [-0.1, -0.05) is 27.5 Å². The third-order valence-corrected chi connectivity index (χ3v) is 4.60. The Morgan fingerprint density at radius 2 is 1.95 bits per heavy atom. The van der Waals surface area contributed by atoms with Gasteiger partial charge in [-0.2, -0.15) is 13.2 Å². The molecule has 1 aromatic carbocycles. The molecule has 0 bridgehead atoms. The lowest BCUT2D eigenvalue weighted by molar-refractivity contribution is -0.0329. The fraction of sp³-hybridized carbons (Fsp3) is 0.333. The van der Waals surface area contributed by atoms with Gasteiger partial charge in [0.2, 0.25) is 0 Å². The minimum absolute atomic E-state index is 0.0735. The first-order valence-electron chi connectivity index (χ1n) is 4.78. The highest BCUT2D eigenvalue weighted by Crippen LogP contribution is 2.37. The van der Waals surface area contributed by atoms with Gasteiger partial charge in [-0.15, -0.1) is 0 Å². The highest BCUT2D eigenvalue weighted by atomic mass is 79.9. The first kappa shape index (κ1) is 18.2. The Morgan fingerprint density at radius 1 is 1.35 bits per heavy atom. The summed E-state index contributed by atoms with van der Waals surface area (Å²) in [5, 5.41) is -0.0735. The van der Waals surface area contributed by atoms with Gasteiger partial charge in [-0.05, 0) is 23.9 Å². The van der Waals surface area contributed by atoms with E-state index in [2.05, 4.69) is 15.9 Å². The Kier molecular flexibility index (Phi) is 6.33. The van der Waals surface area contributed by atoms with E-state index in [0.29, 0.717) is 4.47 Å². The van der Waals surface area contributed by atoms with Gasteiger partial charge in [0.25, 0.3) is 9.05 Å². The van der Waals surface area contributed by atoms with Crippen LogP contribution < -0.4 is 4.74 Å². The second-order valence-corrected chi connectivity index (χ2v) is 8.31. The number of thioether (sulfide) groups is 1. The van der Waals surface area contributed by atoms with Crippen molar-refractivity contribution in [1.29, 1.82) is 0 Å². The molecule has 0 N–H and O–H groups in total. The number of hydrogen-bond donors (Lipinski definition) is 0. The predicted octanol–water partition coefficient (Wildman–Crippen LogP) is 4.66. The molecule has 20 heavy (non-hydrogen) atoms. The van der Waals surface area contributed by atoms with Gasteiger partial charge in [-0.3, -0.25) is 0 Å². The Morgan fingerprint density at radius 3 is 2.45 bits per heavy atom. The van der Waals surface area contributed by atoms with Crippen molar-refractivity contribution in [3.05, 3.63) is 21.6 Å². The van der Waals surface area contributed by atoms with Gasteiger partial charge in [0.15, 0.2) is 5.75 Å². The van der Waals surface area contributed by atoms with Crippen LogP contribution >= 0.6 is 50.0 Å². The topological polar surface area (TPSA) is 43.4 Å². The maximum Gasteiger partial charge on any atom is 0.441 e. The largest absolute Gasteiger partial charge is 0.490 e. The van der Waals surface area contributed by atoms with E-state index in [1.54, 1.807) is 0 Å². The Balaban J connectivity index is 2.90. The van der Waals surface area contributed by atoms with Crippen molar-refractivity contribution in [3.8, 4) is 5.75 Å². The molecule has 0 fully saturated rings. The van der Waals surface area contributed by atoms with Crippen molar-refractivity contribution in [2.75, 3.05) is 12.4 Å². The fourth-order valence-electron chi connectivity index (χ4n) is 1.16. The lowest BCUT2D eigenvalue weighted by Crippen LogP contribution is -2.09. The molecule has 0 aliphatic carbocycles. The summed E-state index contributed by atoms with van der Waals surface area (Å²) in [6.07, 6.45) is 0. The van der Waals surface area contributed by atoms with E-state index in [9.17, 15) is 21.6 Å². The summed E-state index contributed by atoms with van der Waals surface area (Å²) in [6.45, 7) is -0.370. The molecular weight excluding hydrogens is 428 g/mol. The molecule has 0 atom stereocenters. The molecule has 0 heterocycles. The van der Waals surface area contributed by atoms with Crippen LogP contribution in [0.4, 0.5) is 13.2 Å². The quantitative estimate of drug-likeness (QED) is 0.500. The first-order valence-corrected chi connectivity index (χ1v) is 9.24. The van der Waals surface area contributed by atoms with Crippen molar-refractivity contribution >= 4 is 59.0 Å². The number of alkyl halides is 3. The summed E-state index contributed by atoms with van der Waals surface area (Å²) >= 11 is 8.55. The lowest BCUT2D eigenvalue weighted by Gasteiger charge is -2.12. The molecule has 0 aliphatic rings. The van der Waals surface area contributed by atoms with Crippen molar-refractivity contribution in [2.24, 2.45) is 0 Å². The van der Waals surface area contributed by atoms with Gasteiger partial charge in [0.05, 0.1) is 11.6 Å². The zero-order valence-corrected chi connectivity index (χ0v) is 14.1. The molecule has 0 spiro atoms. The van der Waals surface area contributed by atoms with E-state index in [1.807, 2.05) is 0 Å². The van der Waals surface area contributed by atoms with Crippen LogP contribution in [0, 0.1) is 0 Å². The molecule has 0 unspecified atom stereocenters. The minimum atomic E-state index is -4.38. The van der Waals surface area contributed by atoms with Gasteiger partial charge in [0, 0.05) is 20.9 Å². The summed E-state index contributed by atoms with van der Waals surface area (Å²) in [7, 11) is 1.08. The van der Waals surface area contributed by atoms with Crippen LogP contribution in [-0.2, 0) is 9.05 Å². The molecule has 11 heteroatoms. The fourth-order valence-corrected chi connectivity index (χ4v) is 3.63. The molecule has 114 valence electrons. The van der Waals surface area contributed by atoms with Crippen LogP contribution in [0.3, 0.4) is 0 Å². The highest BCUT2D eigenvalue weighted by Gasteiger charge is 2.28. The third kappa shape index (κ3) is 5.88. The van der Waals surface area contributed by atoms with E-state index < -0.39 is 25.2 Å². The normalized spacial score (nSPS) is 12.5. The summed E-state index contributed by atoms with van der Waals surface area (Å²) in [6, 6.07) is 2.50. The summed E-state index contributed by atoms with van der Waals surface area (Å²) in [5.41, 5.74) is -4.38. The standard InChI is InChI=1S/C9H6BrCl2F3O3S2/c10-5-3-6(11)8(7(4-5)20(12,16)17)18-1-2-19-9(13,14)15/h3-4H,1-2H2. The smallest absolute Gasteiger partial charge is 0.441 e. The van der Waals surface area contributed by atoms with Crippen LogP contribution in [0.1, 0.15) is 0 Å². The highest BCUT2D eigenvalue weighted by molar-refractivity contribution is 9.10. The predicted molar refractivity (Wildman–Crippen MR) is 76.2 cm³/mol. The zero-order valence-electron chi connectivity index (χ0n) is 9.38. The number of hydrogen-bond acceptors (Lipinski definition) is 4. The van der Waals surface area contributed by atoms with Gasteiger partial charge in [-0.25, -0.2) is 8.42 Å². The molecule has 0 saturated carbocycles. The van der Waals surface area contributed by atoms with Crippen molar-refractivity contribution in [2.45, 2.75) is 10.4 Å². The third-order valence-electron chi connectivity index (χ3n) is 1.83. The van der Waals surface area contributed by atoms with Crippen LogP contribution in [0.2, 0.25) is 5.02 Å². The Labute approximate surface area is 135 Å². The second-order valence-electron chi connectivity index (χ2n) is 3.30. The van der Waals surface area contributed by atoms with Gasteiger partial charge < -0.3 is 4.74 Å². The van der Waals surface area contributed by atoms with Crippen LogP contribution in [0.5, 0.6) is 5.75 Å². The number of benzene rings is 1. The Bertz CT molecular complexity index is 593. The number of ether oxygens (including phenoxy) is 1. The van der Waals surface area contributed by atoms with Gasteiger partial charge >= 0.3 is 5.51 Å². The molecule has 3 nitrogen and oxygen atoms in total. The molecule has 0 radical (unpaired) electrons. The summed E-state index contributed by atoms with van der Waals surface area (Å²) in [4.78, 5) is -0.407. The van der Waals surface area contributed by atoms with Gasteiger partial charge in [0.1, 0.15) is 4.90 Å². The monoisotopic (exact) mass is 432 g/mol. The van der Waals surface area contributed by atoms with E-state index in [1.165, 1.54) is 6.07 Å². The zero-order chi connectivity index (χ0) is 15.6. The Hall–Kier alpha value is 0.170. The maximum absolute atomic E-state index is 11.9. The molecule has 0 saturated heterocycles. The number of rotatable bonds is 5. The first-order chi connectivity index (χ1) is 9.00. The lowest BCUT2D eigenvalue weighted by atomic mass is 10.3. The molecular formula is C9H6BrCl2F3O3S2. The molecule has 0 amide bonds. The van der Waals surface area contributed by atoms with Crippen molar-refractivity contribution in [3.63, 3.8) is 0 Å². The summed E-state index contributed by atoms with van der Waals surface area (Å²) in [5.74, 6) is -0.676. The number of halogens is 6. The van der Waals surface area contributed by atoms with Crippen molar-refractivity contribution in [1.82, 2.24) is 0 Å². The molecule has 1 aromatic rings. The van der Waals surface area contributed by atoms with Crippen LogP contribution in [-0.4, -0.2) is 26.3 Å². The molecule has 1 rings (SSSR count). The van der Waals surface area contributed by atoms with Crippen molar-refractivity contribution < 1.29 is 26.3 Å². The van der Waals surface area contributed by atoms with E-state index in [4.69, 9.17) is 27.0 Å². The van der Waals surface area contributed by atoms with E-state index >= 15 is 0 Å². The average Bonchev–Trinajstić information content (AvgIpc) is 2.23. The van der Waals surface area contributed by atoms with E-state index in [0.717, 1.165) is 6.07 Å². The van der Waals surface area contributed by atoms with Crippen LogP contribution in [0.25, 0.3) is 0 Å². The molecule has 0 aromatic heterocycles.